The van der Waals surface area contributed by atoms with E-state index >= 15 is 0 Å². The van der Waals surface area contributed by atoms with Gasteiger partial charge in [-0.05, 0) is 0 Å². The number of allylic oxidation sites excluding steroid dienone is 8. The Balaban J connectivity index is 2.01. The Hall–Kier alpha value is -0.521. The van der Waals surface area contributed by atoms with Crippen LogP contribution in [0.2, 0.25) is 0 Å². The van der Waals surface area contributed by atoms with E-state index in [1.165, 1.54) is 27.0 Å². The maximum absolute atomic E-state index is 2.26. The Morgan fingerprint density at radius 1 is 1.25 bits per heavy atom. The van der Waals surface area contributed by atoms with Crippen LogP contribution in [-0.2, 0) is 15.0 Å². The Morgan fingerprint density at radius 2 is 2.17 bits per heavy atom. The summed E-state index contributed by atoms with van der Waals surface area (Å²) in [4.78, 5) is 0. The first-order valence-electron chi connectivity index (χ1n) is 4.20. The van der Waals surface area contributed by atoms with Gasteiger partial charge < -0.3 is 0 Å². The van der Waals surface area contributed by atoms with Gasteiger partial charge in [0.25, 0.3) is 0 Å². The third kappa shape index (κ3) is 1.63. The van der Waals surface area contributed by atoms with Crippen LogP contribution in [0.15, 0.2) is 44.9 Å². The van der Waals surface area contributed by atoms with E-state index in [0.29, 0.717) is 0 Å². The molecule has 0 aliphatic heterocycles. The van der Waals surface area contributed by atoms with Gasteiger partial charge >= 0.3 is 79.6 Å². The molecular weight excluding hydrogens is 188 g/mol. The fourth-order valence-corrected chi connectivity index (χ4v) is 2.73. The Kier molecular flexibility index (Phi) is 2.34. The second kappa shape index (κ2) is 3.47. The second-order valence-corrected chi connectivity index (χ2v) is 4.65. The van der Waals surface area contributed by atoms with Crippen molar-refractivity contribution in [1.82, 2.24) is 0 Å². The summed E-state index contributed by atoms with van der Waals surface area (Å²) < 4.78 is 3.16. The topological polar surface area (TPSA) is 0 Å². The maximum atomic E-state index is 2.26. The van der Waals surface area contributed by atoms with Crippen molar-refractivity contribution in [1.29, 1.82) is 0 Å². The van der Waals surface area contributed by atoms with Gasteiger partial charge in [-0.2, -0.15) is 0 Å². The molecular formula is C11H12Fe. The first kappa shape index (κ1) is 8.09. The van der Waals surface area contributed by atoms with Crippen molar-refractivity contribution in [3.63, 3.8) is 0 Å². The summed E-state index contributed by atoms with van der Waals surface area (Å²) in [5, 5.41) is 0. The Bertz CT molecular complexity index is 303. The van der Waals surface area contributed by atoms with Gasteiger partial charge in [0.05, 0.1) is 0 Å². The molecule has 64 valence electrons. The van der Waals surface area contributed by atoms with Crippen LogP contribution in [-0.4, -0.2) is 0 Å². The van der Waals surface area contributed by atoms with Gasteiger partial charge in [-0.15, -0.1) is 0 Å². The van der Waals surface area contributed by atoms with E-state index in [9.17, 15) is 0 Å². The van der Waals surface area contributed by atoms with E-state index in [-0.39, 0.29) is 0 Å². The summed E-state index contributed by atoms with van der Waals surface area (Å²) in [7, 11) is 0. The third-order valence-electron chi connectivity index (χ3n) is 2.02. The number of hydrogen-bond acceptors (Lipinski definition) is 0. The summed E-state index contributed by atoms with van der Waals surface area (Å²) in [6, 6.07) is 0. The molecule has 12 heavy (non-hydrogen) atoms. The molecule has 0 atom stereocenters. The van der Waals surface area contributed by atoms with Crippen LogP contribution in [0, 0.1) is 0 Å². The summed E-state index contributed by atoms with van der Waals surface area (Å²) in [6.45, 7) is 2.21. The van der Waals surface area contributed by atoms with Gasteiger partial charge in [0, 0.05) is 0 Å². The summed E-state index contributed by atoms with van der Waals surface area (Å²) in [5.41, 5.74) is 1.47. The second-order valence-electron chi connectivity index (χ2n) is 3.00. The molecule has 0 bridgehead atoms. The first-order valence-corrected chi connectivity index (χ1v) is 5.31. The molecule has 0 N–H and O–H groups in total. The molecule has 2 aliphatic rings. The van der Waals surface area contributed by atoms with Crippen LogP contribution >= 0.6 is 0 Å². The van der Waals surface area contributed by atoms with E-state index in [1.807, 2.05) is 0 Å². The monoisotopic (exact) mass is 200 g/mol. The van der Waals surface area contributed by atoms with E-state index in [2.05, 4.69) is 37.3 Å². The molecule has 0 saturated carbocycles. The Labute approximate surface area is 79.9 Å². The van der Waals surface area contributed by atoms with Crippen molar-refractivity contribution in [3.05, 3.63) is 44.9 Å². The van der Waals surface area contributed by atoms with Crippen LogP contribution < -0.4 is 0 Å². The third-order valence-corrected chi connectivity index (χ3v) is 3.77. The van der Waals surface area contributed by atoms with Crippen LogP contribution in [0.5, 0.6) is 0 Å². The summed E-state index contributed by atoms with van der Waals surface area (Å²) >= 11 is 1.19. The summed E-state index contributed by atoms with van der Waals surface area (Å²) in [6.07, 6.45) is 13.5. The number of rotatable bonds is 2. The minimum absolute atomic E-state index is 1.16. The Morgan fingerprint density at radius 3 is 2.75 bits per heavy atom. The normalized spacial score (nSPS) is 21.2. The average molecular weight is 200 g/mol. The summed E-state index contributed by atoms with van der Waals surface area (Å²) in [5.74, 6) is 0. The standard InChI is InChI=1S/C6H7.C5H5.Fe/c1-6-4-2-3-5-6;1-2-4-5-3-1;/h2,4H,3H2,1H3;1-3H,4H2;. The van der Waals surface area contributed by atoms with Crippen LogP contribution in [0.4, 0.5) is 0 Å². The van der Waals surface area contributed by atoms with Gasteiger partial charge in [0.1, 0.15) is 0 Å². The van der Waals surface area contributed by atoms with Crippen molar-refractivity contribution in [2.24, 2.45) is 0 Å². The first-order chi connectivity index (χ1) is 5.86. The molecule has 0 saturated heterocycles. The van der Waals surface area contributed by atoms with E-state index in [1.54, 1.807) is 8.94 Å². The SMILES string of the molecule is CC1=[C]([Fe][C]2=CC=CC2)CC=C1. The molecule has 0 aromatic heterocycles. The molecule has 0 unspecified atom stereocenters. The van der Waals surface area contributed by atoms with Crippen LogP contribution in [0.1, 0.15) is 19.8 Å². The van der Waals surface area contributed by atoms with Crippen LogP contribution in [0.3, 0.4) is 0 Å². The zero-order chi connectivity index (χ0) is 8.39. The van der Waals surface area contributed by atoms with Crippen molar-refractivity contribution in [2.45, 2.75) is 19.8 Å². The molecule has 0 aromatic carbocycles. The quantitative estimate of drug-likeness (QED) is 0.600. The molecule has 1 heteroatoms. The average Bonchev–Trinajstić information content (AvgIpc) is 2.65. The molecule has 0 amide bonds. The van der Waals surface area contributed by atoms with Crippen molar-refractivity contribution < 1.29 is 15.0 Å². The van der Waals surface area contributed by atoms with Gasteiger partial charge in [-0.1, -0.05) is 0 Å². The molecule has 0 fully saturated rings. The van der Waals surface area contributed by atoms with Gasteiger partial charge in [0.2, 0.25) is 0 Å². The van der Waals surface area contributed by atoms with Gasteiger partial charge in [-0.3, -0.25) is 0 Å². The molecule has 0 spiro atoms. The number of hydrogen-bond donors (Lipinski definition) is 0. The molecule has 0 radical (unpaired) electrons. The van der Waals surface area contributed by atoms with Crippen molar-refractivity contribution >= 4 is 0 Å². The fraction of sp³-hybridized carbons (Fsp3) is 0.273. The minimum atomic E-state index is 1.16. The van der Waals surface area contributed by atoms with E-state index < -0.39 is 0 Å². The zero-order valence-electron chi connectivity index (χ0n) is 7.15. The molecule has 2 aliphatic carbocycles. The molecule has 0 heterocycles. The van der Waals surface area contributed by atoms with Crippen molar-refractivity contribution in [3.8, 4) is 0 Å². The molecule has 2 rings (SSSR count). The predicted molar refractivity (Wildman–Crippen MR) is 48.3 cm³/mol. The molecule has 0 nitrogen and oxygen atoms in total. The van der Waals surface area contributed by atoms with Gasteiger partial charge in [0.15, 0.2) is 0 Å². The van der Waals surface area contributed by atoms with Crippen LogP contribution in [0.25, 0.3) is 0 Å². The van der Waals surface area contributed by atoms with E-state index in [4.69, 9.17) is 0 Å². The molecule has 0 aromatic rings. The van der Waals surface area contributed by atoms with Gasteiger partial charge in [-0.25, -0.2) is 0 Å². The fourth-order valence-electron chi connectivity index (χ4n) is 1.31. The van der Waals surface area contributed by atoms with E-state index in [0.717, 1.165) is 6.42 Å². The predicted octanol–water partition coefficient (Wildman–Crippen LogP) is 3.15. The van der Waals surface area contributed by atoms with Crippen molar-refractivity contribution in [2.75, 3.05) is 0 Å². The zero-order valence-corrected chi connectivity index (χ0v) is 8.26.